The highest BCUT2D eigenvalue weighted by molar-refractivity contribution is 5.86. The molecule has 1 aromatic carbocycles. The summed E-state index contributed by atoms with van der Waals surface area (Å²) >= 11 is 0. The topological polar surface area (TPSA) is 51.6 Å². The van der Waals surface area contributed by atoms with Gasteiger partial charge in [-0.3, -0.25) is 0 Å². The molecule has 1 N–H and O–H groups in total. The van der Waals surface area contributed by atoms with Crippen molar-refractivity contribution in [2.24, 2.45) is 0 Å². The van der Waals surface area contributed by atoms with Crippen LogP contribution in [-0.2, 0) is 4.74 Å². The SMILES string of the molecule is COc1cccc2cc(O)c(C3CCOC3)nc12. The number of pyridine rings is 1. The number of fused-ring (bicyclic) bond motifs is 1. The van der Waals surface area contributed by atoms with Gasteiger partial charge in [-0.1, -0.05) is 12.1 Å². The standard InChI is InChI=1S/C14H15NO3/c1-17-12-4-2-3-9-7-11(16)13(15-14(9)12)10-5-6-18-8-10/h2-4,7,10,16H,5-6,8H2,1H3. The number of benzene rings is 1. The summed E-state index contributed by atoms with van der Waals surface area (Å²) < 4.78 is 10.7. The van der Waals surface area contributed by atoms with Crippen molar-refractivity contribution in [3.05, 3.63) is 30.0 Å². The number of para-hydroxylation sites is 1. The molecule has 0 aliphatic carbocycles. The van der Waals surface area contributed by atoms with Gasteiger partial charge in [-0.05, 0) is 18.6 Å². The van der Waals surface area contributed by atoms with E-state index in [0.29, 0.717) is 12.3 Å². The van der Waals surface area contributed by atoms with Gasteiger partial charge in [-0.2, -0.15) is 0 Å². The van der Waals surface area contributed by atoms with Crippen LogP contribution in [0.2, 0.25) is 0 Å². The van der Waals surface area contributed by atoms with Crippen LogP contribution in [0.15, 0.2) is 24.3 Å². The number of rotatable bonds is 2. The van der Waals surface area contributed by atoms with Crippen molar-refractivity contribution in [1.82, 2.24) is 4.98 Å². The normalized spacial score (nSPS) is 19.3. The van der Waals surface area contributed by atoms with E-state index < -0.39 is 0 Å². The molecule has 94 valence electrons. The fourth-order valence-corrected chi connectivity index (χ4v) is 2.39. The summed E-state index contributed by atoms with van der Waals surface area (Å²) in [5, 5.41) is 11.0. The first-order valence-electron chi connectivity index (χ1n) is 6.04. The van der Waals surface area contributed by atoms with Crippen LogP contribution in [0.25, 0.3) is 10.9 Å². The monoisotopic (exact) mass is 245 g/mol. The van der Waals surface area contributed by atoms with Crippen LogP contribution >= 0.6 is 0 Å². The Morgan fingerprint density at radius 3 is 3.06 bits per heavy atom. The molecule has 0 radical (unpaired) electrons. The second-order valence-corrected chi connectivity index (χ2v) is 4.49. The van der Waals surface area contributed by atoms with Gasteiger partial charge < -0.3 is 14.6 Å². The van der Waals surface area contributed by atoms with Gasteiger partial charge in [0.2, 0.25) is 0 Å². The van der Waals surface area contributed by atoms with Gasteiger partial charge in [-0.15, -0.1) is 0 Å². The molecule has 1 aromatic heterocycles. The quantitative estimate of drug-likeness (QED) is 0.883. The van der Waals surface area contributed by atoms with Crippen LogP contribution < -0.4 is 4.74 Å². The molecule has 1 atom stereocenters. The molecule has 3 rings (SSSR count). The minimum atomic E-state index is 0.180. The molecule has 0 amide bonds. The van der Waals surface area contributed by atoms with Crippen LogP contribution in [0.3, 0.4) is 0 Å². The smallest absolute Gasteiger partial charge is 0.145 e. The Morgan fingerprint density at radius 1 is 1.44 bits per heavy atom. The number of ether oxygens (including phenoxy) is 2. The number of hydrogen-bond acceptors (Lipinski definition) is 4. The Morgan fingerprint density at radius 2 is 2.33 bits per heavy atom. The van der Waals surface area contributed by atoms with Crippen molar-refractivity contribution in [2.75, 3.05) is 20.3 Å². The molecule has 4 heteroatoms. The molecule has 1 unspecified atom stereocenters. The van der Waals surface area contributed by atoms with E-state index in [1.807, 2.05) is 18.2 Å². The van der Waals surface area contributed by atoms with Gasteiger partial charge in [0.05, 0.1) is 19.4 Å². The van der Waals surface area contributed by atoms with Crippen LogP contribution in [0.4, 0.5) is 0 Å². The first kappa shape index (κ1) is 11.3. The van der Waals surface area contributed by atoms with Gasteiger partial charge >= 0.3 is 0 Å². The van der Waals surface area contributed by atoms with Crippen molar-refractivity contribution in [3.63, 3.8) is 0 Å². The van der Waals surface area contributed by atoms with Crippen LogP contribution in [0, 0.1) is 0 Å². The van der Waals surface area contributed by atoms with Gasteiger partial charge in [0, 0.05) is 17.9 Å². The Balaban J connectivity index is 2.17. The summed E-state index contributed by atoms with van der Waals surface area (Å²) in [6.45, 7) is 1.36. The number of nitrogens with zero attached hydrogens (tertiary/aromatic N) is 1. The Labute approximate surface area is 105 Å². The van der Waals surface area contributed by atoms with Crippen LogP contribution in [-0.4, -0.2) is 30.4 Å². The minimum absolute atomic E-state index is 0.180. The molecule has 1 saturated heterocycles. The van der Waals surface area contributed by atoms with E-state index in [0.717, 1.165) is 29.7 Å². The molecular formula is C14H15NO3. The van der Waals surface area contributed by atoms with E-state index in [4.69, 9.17) is 9.47 Å². The molecule has 0 saturated carbocycles. The van der Waals surface area contributed by atoms with Crippen molar-refractivity contribution in [3.8, 4) is 11.5 Å². The van der Waals surface area contributed by atoms with Crippen LogP contribution in [0.5, 0.6) is 11.5 Å². The molecule has 1 aliphatic heterocycles. The molecule has 1 aliphatic rings. The number of aromatic nitrogens is 1. The maximum atomic E-state index is 10.1. The van der Waals surface area contributed by atoms with Crippen molar-refractivity contribution in [1.29, 1.82) is 0 Å². The first-order valence-corrected chi connectivity index (χ1v) is 6.04. The van der Waals surface area contributed by atoms with Crippen molar-refractivity contribution >= 4 is 10.9 Å². The molecule has 1 fully saturated rings. The van der Waals surface area contributed by atoms with Crippen LogP contribution in [0.1, 0.15) is 18.0 Å². The molecule has 2 heterocycles. The van der Waals surface area contributed by atoms with Gasteiger partial charge in [0.25, 0.3) is 0 Å². The highest BCUT2D eigenvalue weighted by atomic mass is 16.5. The Kier molecular flexibility index (Phi) is 2.80. The lowest BCUT2D eigenvalue weighted by molar-refractivity contribution is 0.193. The van der Waals surface area contributed by atoms with E-state index in [2.05, 4.69) is 4.98 Å². The van der Waals surface area contributed by atoms with Crippen molar-refractivity contribution in [2.45, 2.75) is 12.3 Å². The van der Waals surface area contributed by atoms with Gasteiger partial charge in [0.1, 0.15) is 17.0 Å². The zero-order valence-corrected chi connectivity index (χ0v) is 10.2. The Hall–Kier alpha value is -1.81. The van der Waals surface area contributed by atoms with E-state index >= 15 is 0 Å². The predicted molar refractivity (Wildman–Crippen MR) is 68.1 cm³/mol. The first-order chi connectivity index (χ1) is 8.79. The minimum Gasteiger partial charge on any atom is -0.506 e. The van der Waals surface area contributed by atoms with E-state index in [-0.39, 0.29) is 11.7 Å². The summed E-state index contributed by atoms with van der Waals surface area (Å²) in [6, 6.07) is 7.43. The zero-order chi connectivity index (χ0) is 12.5. The number of hydrogen-bond donors (Lipinski definition) is 1. The lowest BCUT2D eigenvalue weighted by atomic mass is 10.0. The zero-order valence-electron chi connectivity index (χ0n) is 10.2. The molecular weight excluding hydrogens is 230 g/mol. The summed E-state index contributed by atoms with van der Waals surface area (Å²) in [5.41, 5.74) is 1.50. The third kappa shape index (κ3) is 1.78. The Bertz CT molecular complexity index is 577. The lowest BCUT2D eigenvalue weighted by Gasteiger charge is -2.12. The molecule has 4 nitrogen and oxygen atoms in total. The fraction of sp³-hybridized carbons (Fsp3) is 0.357. The third-order valence-corrected chi connectivity index (χ3v) is 3.35. The number of methoxy groups -OCH3 is 1. The summed E-state index contributed by atoms with van der Waals surface area (Å²) in [4.78, 5) is 4.57. The highest BCUT2D eigenvalue weighted by Crippen LogP contribution is 2.34. The lowest BCUT2D eigenvalue weighted by Crippen LogP contribution is -2.02. The van der Waals surface area contributed by atoms with E-state index in [9.17, 15) is 5.11 Å². The second-order valence-electron chi connectivity index (χ2n) is 4.49. The maximum Gasteiger partial charge on any atom is 0.145 e. The molecule has 0 bridgehead atoms. The highest BCUT2D eigenvalue weighted by Gasteiger charge is 2.23. The third-order valence-electron chi connectivity index (χ3n) is 3.35. The second kappa shape index (κ2) is 4.46. The molecule has 2 aromatic rings. The average molecular weight is 245 g/mol. The maximum absolute atomic E-state index is 10.1. The summed E-state index contributed by atoms with van der Waals surface area (Å²) in [6.07, 6.45) is 0.904. The molecule has 0 spiro atoms. The summed E-state index contributed by atoms with van der Waals surface area (Å²) in [7, 11) is 1.63. The van der Waals surface area contributed by atoms with Crippen molar-refractivity contribution < 1.29 is 14.6 Å². The van der Waals surface area contributed by atoms with Gasteiger partial charge in [-0.25, -0.2) is 4.98 Å². The number of aromatic hydroxyl groups is 1. The molecule has 18 heavy (non-hydrogen) atoms. The predicted octanol–water partition coefficient (Wildman–Crippen LogP) is 2.45. The van der Waals surface area contributed by atoms with E-state index in [1.165, 1.54) is 0 Å². The summed E-state index contributed by atoms with van der Waals surface area (Å²) in [5.74, 6) is 1.15. The van der Waals surface area contributed by atoms with Gasteiger partial charge in [0.15, 0.2) is 0 Å². The fourth-order valence-electron chi connectivity index (χ4n) is 2.39. The average Bonchev–Trinajstić information content (AvgIpc) is 2.90. The van der Waals surface area contributed by atoms with E-state index in [1.54, 1.807) is 13.2 Å². The largest absolute Gasteiger partial charge is 0.506 e.